The first kappa shape index (κ1) is 18.1. The van der Waals surface area contributed by atoms with Gasteiger partial charge in [-0.2, -0.15) is 11.8 Å². The molecule has 4 nitrogen and oxygen atoms in total. The molecule has 0 bridgehead atoms. The van der Waals surface area contributed by atoms with Crippen LogP contribution in [0, 0.1) is 5.82 Å². The number of urea groups is 1. The molecule has 1 aromatic rings. The SMILES string of the molecule is CSCC(CCO)NC(=O)NC(C)c1c(F)cccc1Cl. The Morgan fingerprint density at radius 3 is 2.76 bits per heavy atom. The first-order valence-electron chi connectivity index (χ1n) is 6.60. The van der Waals surface area contributed by atoms with Gasteiger partial charge in [-0.3, -0.25) is 0 Å². The number of carbonyl (C=O) groups excluding carboxylic acids is 1. The highest BCUT2D eigenvalue weighted by atomic mass is 35.5. The Kier molecular flexibility index (Phi) is 7.85. The zero-order valence-electron chi connectivity index (χ0n) is 12.0. The Morgan fingerprint density at radius 1 is 1.48 bits per heavy atom. The van der Waals surface area contributed by atoms with Crippen LogP contribution >= 0.6 is 23.4 Å². The van der Waals surface area contributed by atoms with E-state index in [1.807, 2.05) is 6.26 Å². The number of hydrogen-bond donors (Lipinski definition) is 3. The quantitative estimate of drug-likeness (QED) is 0.718. The molecule has 0 radical (unpaired) electrons. The van der Waals surface area contributed by atoms with Gasteiger partial charge in [0.2, 0.25) is 0 Å². The van der Waals surface area contributed by atoms with Crippen LogP contribution in [0.4, 0.5) is 9.18 Å². The highest BCUT2D eigenvalue weighted by Gasteiger charge is 2.18. The molecule has 0 spiro atoms. The second-order valence-corrected chi connectivity index (χ2v) is 5.96. The number of thioether (sulfide) groups is 1. The predicted octanol–water partition coefficient (Wildman–Crippen LogP) is 2.95. The zero-order chi connectivity index (χ0) is 15.8. The highest BCUT2D eigenvalue weighted by Crippen LogP contribution is 2.25. The minimum Gasteiger partial charge on any atom is -0.396 e. The van der Waals surface area contributed by atoms with Gasteiger partial charge in [0.1, 0.15) is 5.82 Å². The summed E-state index contributed by atoms with van der Waals surface area (Å²) < 4.78 is 13.8. The van der Waals surface area contributed by atoms with Crippen LogP contribution in [0.3, 0.4) is 0 Å². The van der Waals surface area contributed by atoms with Gasteiger partial charge in [-0.15, -0.1) is 0 Å². The van der Waals surface area contributed by atoms with Gasteiger partial charge in [0.25, 0.3) is 0 Å². The number of aliphatic hydroxyl groups is 1. The number of aliphatic hydroxyl groups excluding tert-OH is 1. The number of hydrogen-bond acceptors (Lipinski definition) is 3. The Bertz CT molecular complexity index is 450. The van der Waals surface area contributed by atoms with Crippen LogP contribution in [0.2, 0.25) is 5.02 Å². The summed E-state index contributed by atoms with van der Waals surface area (Å²) in [5.41, 5.74) is 0.262. The average Bonchev–Trinajstić information content (AvgIpc) is 2.38. The molecule has 2 unspecified atom stereocenters. The lowest BCUT2D eigenvalue weighted by Crippen LogP contribution is -2.44. The molecular formula is C14H20ClFN2O2S. The number of amides is 2. The molecule has 1 rings (SSSR count). The summed E-state index contributed by atoms with van der Waals surface area (Å²) in [7, 11) is 0. The summed E-state index contributed by atoms with van der Waals surface area (Å²) in [6.07, 6.45) is 2.40. The Hall–Kier alpha value is -0.980. The van der Waals surface area contributed by atoms with Gasteiger partial charge in [-0.25, -0.2) is 9.18 Å². The smallest absolute Gasteiger partial charge is 0.315 e. The minimum absolute atomic E-state index is 0.000200. The summed E-state index contributed by atoms with van der Waals surface area (Å²) in [5.74, 6) is 0.245. The molecule has 21 heavy (non-hydrogen) atoms. The Labute approximate surface area is 133 Å². The van der Waals surface area contributed by atoms with Gasteiger partial charge in [0.05, 0.1) is 6.04 Å². The molecule has 118 valence electrons. The third kappa shape index (κ3) is 5.73. The monoisotopic (exact) mass is 334 g/mol. The van der Waals surface area contributed by atoms with E-state index in [-0.39, 0.29) is 23.2 Å². The molecular weight excluding hydrogens is 315 g/mol. The standard InChI is InChI=1S/C14H20ClFN2O2S/c1-9(13-11(15)4-3-5-12(13)16)17-14(20)18-10(6-7-19)8-21-2/h3-5,9-10,19H,6-8H2,1-2H3,(H2,17,18,20). The van der Waals surface area contributed by atoms with Crippen molar-refractivity contribution in [3.8, 4) is 0 Å². The first-order valence-corrected chi connectivity index (χ1v) is 8.37. The zero-order valence-corrected chi connectivity index (χ0v) is 13.6. The fourth-order valence-corrected chi connectivity index (χ4v) is 2.95. The van der Waals surface area contributed by atoms with E-state index in [2.05, 4.69) is 10.6 Å². The molecule has 0 fully saturated rings. The number of carbonyl (C=O) groups is 1. The van der Waals surface area contributed by atoms with Crippen LogP contribution in [0.1, 0.15) is 24.9 Å². The Morgan fingerprint density at radius 2 is 2.19 bits per heavy atom. The van der Waals surface area contributed by atoms with Gasteiger partial charge in [-0.05, 0) is 31.7 Å². The topological polar surface area (TPSA) is 61.4 Å². The van der Waals surface area contributed by atoms with Gasteiger partial charge in [-0.1, -0.05) is 17.7 Å². The molecule has 0 saturated carbocycles. The van der Waals surface area contributed by atoms with Crippen LogP contribution in [0.5, 0.6) is 0 Å². The molecule has 2 amide bonds. The Balaban J connectivity index is 2.65. The van der Waals surface area contributed by atoms with Crippen molar-refractivity contribution in [3.63, 3.8) is 0 Å². The van der Waals surface area contributed by atoms with E-state index in [9.17, 15) is 9.18 Å². The lowest BCUT2D eigenvalue weighted by molar-refractivity contribution is 0.228. The van der Waals surface area contributed by atoms with Gasteiger partial charge in [0.15, 0.2) is 0 Å². The molecule has 1 aromatic carbocycles. The maximum absolute atomic E-state index is 13.8. The summed E-state index contributed by atoms with van der Waals surface area (Å²) in [5, 5.41) is 14.7. The molecule has 3 N–H and O–H groups in total. The van der Waals surface area contributed by atoms with Crippen molar-refractivity contribution in [1.29, 1.82) is 0 Å². The van der Waals surface area contributed by atoms with E-state index in [1.54, 1.807) is 24.8 Å². The fraction of sp³-hybridized carbons (Fsp3) is 0.500. The van der Waals surface area contributed by atoms with Crippen LogP contribution in [0.25, 0.3) is 0 Å². The average molecular weight is 335 g/mol. The largest absolute Gasteiger partial charge is 0.396 e. The molecule has 0 aliphatic heterocycles. The van der Waals surface area contributed by atoms with E-state index < -0.39 is 17.9 Å². The van der Waals surface area contributed by atoms with E-state index in [4.69, 9.17) is 16.7 Å². The van der Waals surface area contributed by atoms with Crippen LogP contribution < -0.4 is 10.6 Å². The van der Waals surface area contributed by atoms with Crippen molar-refractivity contribution >= 4 is 29.4 Å². The summed E-state index contributed by atoms with van der Waals surface area (Å²) in [6, 6.07) is 3.31. The van der Waals surface area contributed by atoms with Crippen LogP contribution in [0.15, 0.2) is 18.2 Å². The van der Waals surface area contributed by atoms with Crippen LogP contribution in [-0.4, -0.2) is 35.8 Å². The maximum Gasteiger partial charge on any atom is 0.315 e. The highest BCUT2D eigenvalue weighted by molar-refractivity contribution is 7.98. The summed E-state index contributed by atoms with van der Waals surface area (Å²) in [6.45, 7) is 1.67. The third-order valence-electron chi connectivity index (χ3n) is 2.96. The van der Waals surface area contributed by atoms with Gasteiger partial charge in [0, 0.05) is 29.0 Å². The molecule has 7 heteroatoms. The third-order valence-corrected chi connectivity index (χ3v) is 4.03. The van der Waals surface area contributed by atoms with Crippen molar-refractivity contribution in [2.45, 2.75) is 25.4 Å². The van der Waals surface area contributed by atoms with E-state index in [0.717, 1.165) is 0 Å². The van der Waals surface area contributed by atoms with Crippen molar-refractivity contribution in [3.05, 3.63) is 34.6 Å². The fourth-order valence-electron chi connectivity index (χ4n) is 1.97. The van der Waals surface area contributed by atoms with Gasteiger partial charge >= 0.3 is 6.03 Å². The lowest BCUT2D eigenvalue weighted by Gasteiger charge is -2.21. The van der Waals surface area contributed by atoms with Gasteiger partial charge < -0.3 is 15.7 Å². The minimum atomic E-state index is -0.553. The summed E-state index contributed by atoms with van der Waals surface area (Å²) in [4.78, 5) is 11.9. The van der Waals surface area contributed by atoms with Crippen molar-refractivity contribution in [2.24, 2.45) is 0 Å². The van der Waals surface area contributed by atoms with Crippen molar-refractivity contribution < 1.29 is 14.3 Å². The van der Waals surface area contributed by atoms with Crippen LogP contribution in [-0.2, 0) is 0 Å². The van der Waals surface area contributed by atoms with E-state index in [0.29, 0.717) is 12.2 Å². The maximum atomic E-state index is 13.8. The molecule has 0 aliphatic carbocycles. The normalized spacial score (nSPS) is 13.6. The molecule has 0 saturated heterocycles. The number of benzene rings is 1. The molecule has 0 heterocycles. The number of halogens is 2. The molecule has 2 atom stereocenters. The van der Waals surface area contributed by atoms with E-state index >= 15 is 0 Å². The second kappa shape index (κ2) is 9.12. The summed E-state index contributed by atoms with van der Waals surface area (Å²) >= 11 is 7.54. The van der Waals surface area contributed by atoms with Crippen molar-refractivity contribution in [1.82, 2.24) is 10.6 Å². The molecule has 0 aromatic heterocycles. The predicted molar refractivity (Wildman–Crippen MR) is 85.4 cm³/mol. The number of nitrogens with one attached hydrogen (secondary N) is 2. The van der Waals surface area contributed by atoms with E-state index in [1.165, 1.54) is 12.1 Å². The molecule has 0 aliphatic rings. The van der Waals surface area contributed by atoms with Crippen molar-refractivity contribution in [2.75, 3.05) is 18.6 Å². The second-order valence-electron chi connectivity index (χ2n) is 4.64. The first-order chi connectivity index (χ1) is 9.99. The number of rotatable bonds is 7. The lowest BCUT2D eigenvalue weighted by atomic mass is 10.1.